The van der Waals surface area contributed by atoms with Crippen LogP contribution in [-0.2, 0) is 12.0 Å². The van der Waals surface area contributed by atoms with Gasteiger partial charge in [0.1, 0.15) is 0 Å². The summed E-state index contributed by atoms with van der Waals surface area (Å²) >= 11 is 1.69. The maximum absolute atomic E-state index is 5.54. The Bertz CT molecular complexity index is 750. The molecule has 0 spiro atoms. The summed E-state index contributed by atoms with van der Waals surface area (Å²) in [6, 6.07) is 5.70. The molecule has 0 aliphatic heterocycles. The van der Waals surface area contributed by atoms with Crippen LogP contribution in [0.2, 0.25) is 0 Å². The van der Waals surface area contributed by atoms with Gasteiger partial charge in [-0.1, -0.05) is 20.8 Å². The maximum atomic E-state index is 5.54. The lowest BCUT2D eigenvalue weighted by atomic mass is 9.98. The zero-order valence-corrected chi connectivity index (χ0v) is 17.2. The molecule has 6 nitrogen and oxygen atoms in total. The van der Waals surface area contributed by atoms with Crippen molar-refractivity contribution in [3.8, 4) is 11.5 Å². The molecule has 1 heterocycles. The average Bonchev–Trinajstić information content (AvgIpc) is 3.09. The van der Waals surface area contributed by atoms with Gasteiger partial charge < -0.3 is 20.1 Å². The van der Waals surface area contributed by atoms with Crippen molar-refractivity contribution < 1.29 is 9.47 Å². The summed E-state index contributed by atoms with van der Waals surface area (Å²) in [6.07, 6.45) is 0. The van der Waals surface area contributed by atoms with E-state index in [1.807, 2.05) is 25.1 Å². The lowest BCUT2D eigenvalue weighted by Gasteiger charge is -2.15. The van der Waals surface area contributed by atoms with Crippen molar-refractivity contribution >= 4 is 23.0 Å². The summed E-state index contributed by atoms with van der Waals surface area (Å²) in [6.45, 7) is 9.66. The Labute approximate surface area is 159 Å². The Kier molecular flexibility index (Phi) is 6.85. The zero-order chi connectivity index (χ0) is 19.2. The first-order valence-electron chi connectivity index (χ1n) is 8.60. The van der Waals surface area contributed by atoms with Crippen molar-refractivity contribution in [3.63, 3.8) is 0 Å². The second kappa shape index (κ2) is 8.89. The van der Waals surface area contributed by atoms with Crippen LogP contribution in [0.15, 0.2) is 28.6 Å². The van der Waals surface area contributed by atoms with Crippen molar-refractivity contribution in [1.82, 2.24) is 10.3 Å². The van der Waals surface area contributed by atoms with Crippen LogP contribution in [-0.4, -0.2) is 31.7 Å². The van der Waals surface area contributed by atoms with Crippen LogP contribution in [0.4, 0.5) is 5.69 Å². The molecule has 2 aromatic rings. The fraction of sp³-hybridized carbons (Fsp3) is 0.474. The number of ether oxygens (including phenoxy) is 2. The van der Waals surface area contributed by atoms with E-state index in [2.05, 4.69) is 41.8 Å². The van der Waals surface area contributed by atoms with Crippen LogP contribution >= 0.6 is 11.3 Å². The Morgan fingerprint density at radius 3 is 2.62 bits per heavy atom. The average molecular weight is 377 g/mol. The number of rotatable bonds is 6. The molecule has 1 aromatic carbocycles. The smallest absolute Gasteiger partial charge is 0.195 e. The molecule has 0 saturated carbocycles. The van der Waals surface area contributed by atoms with Gasteiger partial charge in [0.15, 0.2) is 17.5 Å². The second-order valence-electron chi connectivity index (χ2n) is 6.74. The summed E-state index contributed by atoms with van der Waals surface area (Å²) in [4.78, 5) is 8.96. The number of guanidine groups is 1. The first-order chi connectivity index (χ1) is 12.4. The minimum atomic E-state index is 0.0711. The predicted molar refractivity (Wildman–Crippen MR) is 109 cm³/mol. The highest BCUT2D eigenvalue weighted by molar-refractivity contribution is 7.09. The molecular weight excluding hydrogens is 348 g/mol. The van der Waals surface area contributed by atoms with Gasteiger partial charge in [0, 0.05) is 29.6 Å². The van der Waals surface area contributed by atoms with Gasteiger partial charge in [-0.05, 0) is 19.1 Å². The topological polar surface area (TPSA) is 67.8 Å². The summed E-state index contributed by atoms with van der Waals surface area (Å²) in [5, 5.41) is 9.76. The van der Waals surface area contributed by atoms with Crippen LogP contribution < -0.4 is 20.1 Å². The van der Waals surface area contributed by atoms with E-state index in [1.165, 1.54) is 0 Å². The number of methoxy groups -OCH3 is 1. The lowest BCUT2D eigenvalue weighted by molar-refractivity contribution is 0.311. The number of aliphatic imine (C=N–C) groups is 1. The van der Waals surface area contributed by atoms with Crippen LogP contribution in [0.3, 0.4) is 0 Å². The number of nitrogens with zero attached hydrogens (tertiary/aromatic N) is 2. The third-order valence-electron chi connectivity index (χ3n) is 3.58. The van der Waals surface area contributed by atoms with Gasteiger partial charge in [-0.2, -0.15) is 0 Å². The van der Waals surface area contributed by atoms with Gasteiger partial charge in [0.05, 0.1) is 31.0 Å². The van der Waals surface area contributed by atoms with Gasteiger partial charge in [0.25, 0.3) is 0 Å². The van der Waals surface area contributed by atoms with Gasteiger partial charge >= 0.3 is 0 Å². The SMILES string of the molecule is CCOc1ccc(NC(=NC)NCc2csc(C(C)(C)C)n2)cc1OC. The Hall–Kier alpha value is -2.28. The van der Waals surface area contributed by atoms with Gasteiger partial charge in [-0.3, -0.25) is 4.99 Å². The molecule has 0 fully saturated rings. The number of hydrogen-bond donors (Lipinski definition) is 2. The highest BCUT2D eigenvalue weighted by atomic mass is 32.1. The summed E-state index contributed by atoms with van der Waals surface area (Å²) in [5.41, 5.74) is 1.95. The van der Waals surface area contributed by atoms with E-state index in [0.29, 0.717) is 24.9 Å². The Morgan fingerprint density at radius 1 is 1.27 bits per heavy atom. The van der Waals surface area contributed by atoms with E-state index in [0.717, 1.165) is 22.1 Å². The molecule has 2 N–H and O–H groups in total. The molecule has 0 aliphatic rings. The molecule has 0 radical (unpaired) electrons. The van der Waals surface area contributed by atoms with Crippen molar-refractivity contribution in [1.29, 1.82) is 0 Å². The maximum Gasteiger partial charge on any atom is 0.195 e. The third kappa shape index (κ3) is 5.36. The first-order valence-corrected chi connectivity index (χ1v) is 9.48. The minimum Gasteiger partial charge on any atom is -0.493 e. The number of aromatic nitrogens is 1. The van der Waals surface area contributed by atoms with Gasteiger partial charge in [-0.25, -0.2) is 4.98 Å². The van der Waals surface area contributed by atoms with E-state index >= 15 is 0 Å². The van der Waals surface area contributed by atoms with E-state index in [-0.39, 0.29) is 5.41 Å². The highest BCUT2D eigenvalue weighted by Gasteiger charge is 2.18. The molecule has 0 atom stereocenters. The van der Waals surface area contributed by atoms with E-state index in [4.69, 9.17) is 14.5 Å². The van der Waals surface area contributed by atoms with Gasteiger partial charge in [-0.15, -0.1) is 11.3 Å². The van der Waals surface area contributed by atoms with Crippen LogP contribution in [0.1, 0.15) is 38.4 Å². The zero-order valence-electron chi connectivity index (χ0n) is 16.3. The number of nitrogens with one attached hydrogen (secondary N) is 2. The lowest BCUT2D eigenvalue weighted by Crippen LogP contribution is -2.30. The Balaban J connectivity index is 2.00. The quantitative estimate of drug-likeness (QED) is 0.588. The molecule has 0 aliphatic carbocycles. The summed E-state index contributed by atoms with van der Waals surface area (Å²) in [5.74, 6) is 2.07. The molecule has 26 heavy (non-hydrogen) atoms. The third-order valence-corrected chi connectivity index (χ3v) is 4.90. The van der Waals surface area contributed by atoms with E-state index in [9.17, 15) is 0 Å². The molecule has 1 aromatic heterocycles. The predicted octanol–water partition coefficient (Wildman–Crippen LogP) is 4.04. The van der Waals surface area contributed by atoms with Crippen molar-refractivity contribution in [2.45, 2.75) is 39.7 Å². The number of anilines is 1. The fourth-order valence-corrected chi connectivity index (χ4v) is 3.15. The number of thiazole rings is 1. The standard InChI is InChI=1S/C19H28N4O2S/c1-7-25-15-9-8-13(10-16(15)24-6)23-18(20-5)21-11-14-12-26-17(22-14)19(2,3)4/h8-10,12H,7,11H2,1-6H3,(H2,20,21,23). The fourth-order valence-electron chi connectivity index (χ4n) is 2.24. The molecular formula is C19H28N4O2S. The first kappa shape index (κ1) is 20.0. The number of hydrogen-bond acceptors (Lipinski definition) is 5. The number of benzene rings is 1. The van der Waals surface area contributed by atoms with Crippen molar-refractivity contribution in [2.75, 3.05) is 26.1 Å². The minimum absolute atomic E-state index is 0.0711. The van der Waals surface area contributed by atoms with Crippen LogP contribution in [0, 0.1) is 0 Å². The van der Waals surface area contributed by atoms with Crippen molar-refractivity contribution in [3.05, 3.63) is 34.3 Å². The van der Waals surface area contributed by atoms with Crippen molar-refractivity contribution in [2.24, 2.45) is 4.99 Å². The summed E-state index contributed by atoms with van der Waals surface area (Å²) < 4.78 is 10.9. The molecule has 2 rings (SSSR count). The van der Waals surface area contributed by atoms with E-state index in [1.54, 1.807) is 25.5 Å². The van der Waals surface area contributed by atoms with Crippen LogP contribution in [0.25, 0.3) is 0 Å². The molecule has 7 heteroatoms. The van der Waals surface area contributed by atoms with Crippen LogP contribution in [0.5, 0.6) is 11.5 Å². The van der Waals surface area contributed by atoms with E-state index < -0.39 is 0 Å². The molecule has 0 saturated heterocycles. The summed E-state index contributed by atoms with van der Waals surface area (Å²) in [7, 11) is 3.37. The largest absolute Gasteiger partial charge is 0.493 e. The molecule has 0 unspecified atom stereocenters. The Morgan fingerprint density at radius 2 is 2.04 bits per heavy atom. The monoisotopic (exact) mass is 376 g/mol. The second-order valence-corrected chi connectivity index (χ2v) is 7.60. The molecule has 0 amide bonds. The molecule has 0 bridgehead atoms. The normalized spacial score (nSPS) is 12.0. The highest BCUT2D eigenvalue weighted by Crippen LogP contribution is 2.30. The van der Waals surface area contributed by atoms with Gasteiger partial charge in [0.2, 0.25) is 0 Å². The molecule has 142 valence electrons.